The quantitative estimate of drug-likeness (QED) is 0.828. The van der Waals surface area contributed by atoms with Crippen LogP contribution in [0.1, 0.15) is 27.7 Å². The van der Waals surface area contributed by atoms with Crippen LogP contribution in [-0.4, -0.2) is 30.8 Å². The highest BCUT2D eigenvalue weighted by Crippen LogP contribution is 2.36. The van der Waals surface area contributed by atoms with Gasteiger partial charge in [0.2, 0.25) is 0 Å². The lowest BCUT2D eigenvalue weighted by atomic mass is 9.79. The minimum atomic E-state index is -0.500. The summed E-state index contributed by atoms with van der Waals surface area (Å²) in [6.07, 6.45) is 0. The molecular formula is C14H20BNO4. The average Bonchev–Trinajstić information content (AvgIpc) is 2.56. The molecule has 1 amide bonds. The second kappa shape index (κ2) is 5.11. The first-order chi connectivity index (χ1) is 9.21. The molecule has 0 unspecified atom stereocenters. The maximum atomic E-state index is 10.6. The summed E-state index contributed by atoms with van der Waals surface area (Å²) in [5.74, 6) is 0.0871. The van der Waals surface area contributed by atoms with E-state index in [-0.39, 0.29) is 17.8 Å². The molecule has 20 heavy (non-hydrogen) atoms. The van der Waals surface area contributed by atoms with Crippen LogP contribution in [0.3, 0.4) is 0 Å². The molecule has 1 aliphatic heterocycles. The fourth-order valence-corrected chi connectivity index (χ4v) is 1.85. The van der Waals surface area contributed by atoms with Gasteiger partial charge in [0.05, 0.1) is 11.2 Å². The number of carbonyl (C=O) groups excluding carboxylic acids is 1. The summed E-state index contributed by atoms with van der Waals surface area (Å²) >= 11 is 0. The Morgan fingerprint density at radius 1 is 1.15 bits per heavy atom. The molecule has 108 valence electrons. The van der Waals surface area contributed by atoms with Crippen molar-refractivity contribution in [1.29, 1.82) is 0 Å². The summed E-state index contributed by atoms with van der Waals surface area (Å²) in [4.78, 5) is 10.6. The first kappa shape index (κ1) is 14.9. The van der Waals surface area contributed by atoms with Crippen LogP contribution in [0.2, 0.25) is 0 Å². The molecule has 2 N–H and O–H groups in total. The minimum Gasteiger partial charge on any atom is -0.484 e. The van der Waals surface area contributed by atoms with Gasteiger partial charge in [0.25, 0.3) is 5.91 Å². The molecular weight excluding hydrogens is 257 g/mol. The molecule has 2 rings (SSSR count). The first-order valence-corrected chi connectivity index (χ1v) is 6.58. The second-order valence-corrected chi connectivity index (χ2v) is 5.91. The molecule has 0 aliphatic carbocycles. The van der Waals surface area contributed by atoms with Crippen molar-refractivity contribution in [2.24, 2.45) is 5.73 Å². The van der Waals surface area contributed by atoms with Gasteiger partial charge in [0.15, 0.2) is 6.61 Å². The monoisotopic (exact) mass is 277 g/mol. The van der Waals surface area contributed by atoms with Crippen LogP contribution >= 0.6 is 0 Å². The molecule has 0 atom stereocenters. The predicted octanol–water partition coefficient (Wildman–Crippen LogP) is 0.850. The predicted molar refractivity (Wildman–Crippen MR) is 76.8 cm³/mol. The third-order valence-electron chi connectivity index (χ3n) is 3.79. The highest BCUT2D eigenvalue weighted by Gasteiger charge is 2.51. The van der Waals surface area contributed by atoms with Crippen molar-refractivity contribution in [1.82, 2.24) is 0 Å². The zero-order chi connectivity index (χ0) is 15.0. The van der Waals surface area contributed by atoms with Crippen LogP contribution in [0.4, 0.5) is 0 Å². The molecule has 1 saturated heterocycles. The van der Waals surface area contributed by atoms with Gasteiger partial charge in [-0.15, -0.1) is 0 Å². The lowest BCUT2D eigenvalue weighted by molar-refractivity contribution is -0.119. The van der Waals surface area contributed by atoms with Crippen molar-refractivity contribution in [3.8, 4) is 5.75 Å². The van der Waals surface area contributed by atoms with E-state index in [4.69, 9.17) is 19.8 Å². The molecule has 0 saturated carbocycles. The van der Waals surface area contributed by atoms with Crippen molar-refractivity contribution in [2.75, 3.05) is 6.61 Å². The van der Waals surface area contributed by atoms with E-state index < -0.39 is 13.0 Å². The van der Waals surface area contributed by atoms with Crippen LogP contribution in [0.5, 0.6) is 5.75 Å². The lowest BCUT2D eigenvalue weighted by Crippen LogP contribution is -2.41. The molecule has 1 fully saturated rings. The number of hydrogen-bond donors (Lipinski definition) is 1. The third kappa shape index (κ3) is 2.97. The third-order valence-corrected chi connectivity index (χ3v) is 3.79. The van der Waals surface area contributed by atoms with E-state index in [1.54, 1.807) is 12.1 Å². The van der Waals surface area contributed by atoms with E-state index in [9.17, 15) is 4.79 Å². The Bertz CT molecular complexity index is 482. The Morgan fingerprint density at radius 3 is 2.10 bits per heavy atom. The van der Waals surface area contributed by atoms with Gasteiger partial charge < -0.3 is 19.8 Å². The Morgan fingerprint density at radius 2 is 1.65 bits per heavy atom. The maximum absolute atomic E-state index is 10.6. The van der Waals surface area contributed by atoms with E-state index in [1.165, 1.54) is 0 Å². The molecule has 0 radical (unpaired) electrons. The number of amides is 1. The normalized spacial score (nSPS) is 19.9. The molecule has 1 heterocycles. The summed E-state index contributed by atoms with van der Waals surface area (Å²) in [5, 5.41) is 0. The number of hydrogen-bond acceptors (Lipinski definition) is 4. The van der Waals surface area contributed by atoms with Crippen molar-refractivity contribution in [2.45, 2.75) is 38.9 Å². The van der Waals surface area contributed by atoms with Crippen LogP contribution in [-0.2, 0) is 14.1 Å². The van der Waals surface area contributed by atoms with Crippen LogP contribution in [0.25, 0.3) is 0 Å². The molecule has 0 bridgehead atoms. The molecule has 5 nitrogen and oxygen atoms in total. The van der Waals surface area contributed by atoms with Gasteiger partial charge in [-0.05, 0) is 45.3 Å². The van der Waals surface area contributed by atoms with Crippen molar-refractivity contribution < 1.29 is 18.8 Å². The smallest absolute Gasteiger partial charge is 0.484 e. The number of carbonyl (C=O) groups is 1. The maximum Gasteiger partial charge on any atom is 0.494 e. The van der Waals surface area contributed by atoms with Gasteiger partial charge >= 0.3 is 7.12 Å². The average molecular weight is 277 g/mol. The van der Waals surface area contributed by atoms with Gasteiger partial charge in [-0.25, -0.2) is 0 Å². The Labute approximate surface area is 119 Å². The Kier molecular flexibility index (Phi) is 3.80. The molecule has 6 heteroatoms. The molecule has 1 aliphatic rings. The summed E-state index contributed by atoms with van der Waals surface area (Å²) in [7, 11) is -0.398. The summed E-state index contributed by atoms with van der Waals surface area (Å²) in [6, 6.07) is 7.25. The highest BCUT2D eigenvalue weighted by atomic mass is 16.7. The van der Waals surface area contributed by atoms with Gasteiger partial charge in [-0.2, -0.15) is 0 Å². The van der Waals surface area contributed by atoms with Gasteiger partial charge in [-0.3, -0.25) is 4.79 Å². The second-order valence-electron chi connectivity index (χ2n) is 5.91. The highest BCUT2D eigenvalue weighted by molar-refractivity contribution is 6.62. The fourth-order valence-electron chi connectivity index (χ4n) is 1.85. The SMILES string of the molecule is CC1(C)OB(c2ccc(OCC(N)=O)cc2)OC1(C)C. The molecule has 0 spiro atoms. The van der Waals surface area contributed by atoms with E-state index in [1.807, 2.05) is 39.8 Å². The Balaban J connectivity index is 2.06. The van der Waals surface area contributed by atoms with Crippen molar-refractivity contribution in [3.05, 3.63) is 24.3 Å². The lowest BCUT2D eigenvalue weighted by Gasteiger charge is -2.32. The van der Waals surface area contributed by atoms with Crippen molar-refractivity contribution >= 4 is 18.5 Å². The van der Waals surface area contributed by atoms with Crippen LogP contribution in [0.15, 0.2) is 24.3 Å². The minimum absolute atomic E-state index is 0.129. The fraction of sp³-hybridized carbons (Fsp3) is 0.500. The largest absolute Gasteiger partial charge is 0.494 e. The molecule has 0 aromatic heterocycles. The number of nitrogens with two attached hydrogens (primary N) is 1. The zero-order valence-corrected chi connectivity index (χ0v) is 12.3. The molecule has 1 aromatic carbocycles. The van der Waals surface area contributed by atoms with E-state index in [2.05, 4.69) is 0 Å². The number of primary amides is 1. The number of rotatable bonds is 4. The van der Waals surface area contributed by atoms with Crippen LogP contribution < -0.4 is 15.9 Å². The first-order valence-electron chi connectivity index (χ1n) is 6.58. The summed E-state index contributed by atoms with van der Waals surface area (Å²) in [5.41, 5.74) is 5.21. The van der Waals surface area contributed by atoms with Gasteiger partial charge in [0.1, 0.15) is 5.75 Å². The van der Waals surface area contributed by atoms with Gasteiger partial charge in [-0.1, -0.05) is 12.1 Å². The zero-order valence-electron chi connectivity index (χ0n) is 12.3. The molecule has 1 aromatic rings. The topological polar surface area (TPSA) is 70.8 Å². The van der Waals surface area contributed by atoms with E-state index in [0.29, 0.717) is 5.75 Å². The Hall–Kier alpha value is -1.53. The van der Waals surface area contributed by atoms with Crippen LogP contribution in [0, 0.1) is 0 Å². The van der Waals surface area contributed by atoms with E-state index >= 15 is 0 Å². The number of benzene rings is 1. The van der Waals surface area contributed by atoms with Crippen molar-refractivity contribution in [3.63, 3.8) is 0 Å². The van der Waals surface area contributed by atoms with E-state index in [0.717, 1.165) is 5.46 Å². The summed E-state index contributed by atoms with van der Waals surface area (Å²) < 4.78 is 17.1. The number of ether oxygens (including phenoxy) is 1. The standard InChI is InChI=1S/C14H20BNO4/c1-13(2)14(3,4)20-15(19-13)10-5-7-11(8-6-10)18-9-12(16)17/h5-8H,9H2,1-4H3,(H2,16,17). The summed E-state index contributed by atoms with van der Waals surface area (Å²) in [6.45, 7) is 7.92. The van der Waals surface area contributed by atoms with Gasteiger partial charge in [0, 0.05) is 0 Å².